The zero-order valence-electron chi connectivity index (χ0n) is 26.4. The Kier molecular flexibility index (Phi) is 12.0. The maximum atomic E-state index is 13.2. The summed E-state index contributed by atoms with van der Waals surface area (Å²) in [7, 11) is -5.00. The Morgan fingerprint density at radius 3 is 2.74 bits per heavy atom. The lowest BCUT2D eigenvalue weighted by atomic mass is 9.95. The van der Waals surface area contributed by atoms with Crippen LogP contribution in [0.25, 0.3) is 0 Å². The minimum atomic E-state index is -5.00. The van der Waals surface area contributed by atoms with Crippen LogP contribution in [0.3, 0.4) is 0 Å². The van der Waals surface area contributed by atoms with Crippen molar-refractivity contribution < 1.29 is 36.4 Å². The van der Waals surface area contributed by atoms with Crippen molar-refractivity contribution in [3.05, 3.63) is 40.4 Å². The van der Waals surface area contributed by atoms with Gasteiger partial charge in [-0.1, -0.05) is 11.2 Å². The van der Waals surface area contributed by atoms with Crippen molar-refractivity contribution in [2.45, 2.75) is 64.2 Å². The van der Waals surface area contributed by atoms with Crippen LogP contribution in [0.2, 0.25) is 0 Å². The number of guanidine groups is 1. The molecule has 19 heteroatoms. The molecule has 1 saturated heterocycles. The molecule has 0 spiro atoms. The number of aromatic nitrogens is 1. The van der Waals surface area contributed by atoms with Crippen molar-refractivity contribution in [3.63, 3.8) is 0 Å². The molecule has 0 saturated carbocycles. The lowest BCUT2D eigenvalue weighted by Gasteiger charge is -2.37. The zero-order chi connectivity index (χ0) is 34.2. The number of rotatable bonds is 14. The molecule has 1 unspecified atom stereocenters. The van der Waals surface area contributed by atoms with Gasteiger partial charge in [0.25, 0.3) is 5.91 Å². The first kappa shape index (κ1) is 35.8. The van der Waals surface area contributed by atoms with Crippen LogP contribution in [0, 0.1) is 5.41 Å². The second-order valence-corrected chi connectivity index (χ2v) is 13.5. The number of carbonyl (C=O) groups excluding carboxylic acids is 2. The molecule has 0 bridgehead atoms. The van der Waals surface area contributed by atoms with Crippen LogP contribution in [0.4, 0.5) is 5.13 Å². The molecular formula is C28H41N9O8S2. The van der Waals surface area contributed by atoms with Gasteiger partial charge in [0.15, 0.2) is 23.4 Å². The summed E-state index contributed by atoms with van der Waals surface area (Å²) in [6.07, 6.45) is 2.86. The second-order valence-electron chi connectivity index (χ2n) is 11.6. The van der Waals surface area contributed by atoms with Gasteiger partial charge in [-0.15, -0.1) is 15.6 Å². The highest BCUT2D eigenvalue weighted by molar-refractivity contribution is 7.80. The van der Waals surface area contributed by atoms with Crippen molar-refractivity contribution in [1.29, 1.82) is 5.41 Å². The summed E-state index contributed by atoms with van der Waals surface area (Å²) < 4.78 is 41.5. The number of ether oxygens (including phenoxy) is 1. The van der Waals surface area contributed by atoms with Gasteiger partial charge in [-0.3, -0.25) is 19.6 Å². The van der Waals surface area contributed by atoms with E-state index in [0.717, 1.165) is 61.4 Å². The predicted octanol–water partition coefficient (Wildman–Crippen LogP) is 0.636. The minimum absolute atomic E-state index is 0.0110. The SMILES string of the molecule is CC(NC(=O)/C(=N\OCCOc1ccc2c(c1)CCN(C(=N)NC1CCNCC1)C2)c1csc(N)n1)C(C)(C)N(C=O)OS(=O)(=O)O. The van der Waals surface area contributed by atoms with Crippen LogP contribution in [-0.4, -0.2) is 102 Å². The molecule has 2 aliphatic heterocycles. The van der Waals surface area contributed by atoms with Gasteiger partial charge in [0, 0.05) is 24.5 Å². The third kappa shape index (κ3) is 9.97. The number of piperidine rings is 1. The van der Waals surface area contributed by atoms with Gasteiger partial charge in [0.05, 0.1) is 11.6 Å². The number of carbonyl (C=O) groups is 2. The molecule has 17 nitrogen and oxygen atoms in total. The summed E-state index contributed by atoms with van der Waals surface area (Å²) in [5.41, 5.74) is 6.53. The molecule has 0 radical (unpaired) electrons. The van der Waals surface area contributed by atoms with Crippen LogP contribution in [0.5, 0.6) is 5.75 Å². The second kappa shape index (κ2) is 15.7. The van der Waals surface area contributed by atoms with E-state index in [1.54, 1.807) is 0 Å². The Bertz CT molecular complexity index is 1560. The molecule has 1 aromatic carbocycles. The van der Waals surface area contributed by atoms with Crippen molar-refractivity contribution in [1.82, 2.24) is 30.9 Å². The molecule has 1 aromatic heterocycles. The average Bonchev–Trinajstić information content (AvgIpc) is 3.46. The quantitative estimate of drug-likeness (QED) is 0.0398. The number of nitrogens with one attached hydrogen (secondary N) is 4. The van der Waals surface area contributed by atoms with Gasteiger partial charge in [-0.2, -0.15) is 13.5 Å². The Hall–Kier alpha value is -4.04. The van der Waals surface area contributed by atoms with E-state index in [9.17, 15) is 18.0 Å². The van der Waals surface area contributed by atoms with Crippen LogP contribution in [0.1, 0.15) is 50.4 Å². The molecule has 2 aromatic rings. The van der Waals surface area contributed by atoms with Gasteiger partial charge in [-0.05, 0) is 76.4 Å². The molecule has 0 aliphatic carbocycles. The lowest BCUT2D eigenvalue weighted by molar-refractivity contribution is -0.166. The molecule has 1 fully saturated rings. The first-order chi connectivity index (χ1) is 22.3. The summed E-state index contributed by atoms with van der Waals surface area (Å²) in [6.45, 7) is 7.74. The van der Waals surface area contributed by atoms with Gasteiger partial charge >= 0.3 is 10.4 Å². The van der Waals surface area contributed by atoms with E-state index in [-0.39, 0.29) is 36.2 Å². The molecule has 47 heavy (non-hydrogen) atoms. The molecule has 2 amide bonds. The van der Waals surface area contributed by atoms with E-state index in [1.165, 1.54) is 26.2 Å². The maximum absolute atomic E-state index is 13.2. The van der Waals surface area contributed by atoms with Crippen molar-refractivity contribution in [2.24, 2.45) is 5.16 Å². The minimum Gasteiger partial charge on any atom is -0.490 e. The first-order valence-electron chi connectivity index (χ1n) is 15.0. The van der Waals surface area contributed by atoms with Gasteiger partial charge in [-0.25, -0.2) is 4.98 Å². The van der Waals surface area contributed by atoms with E-state index in [2.05, 4.69) is 30.4 Å². The molecule has 3 heterocycles. The van der Waals surface area contributed by atoms with Crippen LogP contribution in [-0.2, 0) is 42.1 Å². The molecule has 1 atom stereocenters. The third-order valence-electron chi connectivity index (χ3n) is 8.01. The summed E-state index contributed by atoms with van der Waals surface area (Å²) in [6, 6.07) is 5.25. The van der Waals surface area contributed by atoms with E-state index in [0.29, 0.717) is 29.4 Å². The number of benzene rings is 1. The smallest absolute Gasteiger partial charge is 0.418 e. The molecular weight excluding hydrogens is 654 g/mol. The van der Waals surface area contributed by atoms with E-state index < -0.39 is 27.9 Å². The number of nitrogens with zero attached hydrogens (tertiary/aromatic N) is 4. The molecule has 4 rings (SSSR count). The highest BCUT2D eigenvalue weighted by Gasteiger charge is 2.38. The van der Waals surface area contributed by atoms with E-state index >= 15 is 0 Å². The summed E-state index contributed by atoms with van der Waals surface area (Å²) >= 11 is 1.09. The number of hydrogen-bond donors (Lipinski definition) is 6. The fourth-order valence-corrected chi connectivity index (χ4v) is 5.93. The summed E-state index contributed by atoms with van der Waals surface area (Å²) in [4.78, 5) is 36.2. The van der Waals surface area contributed by atoms with Crippen LogP contribution in [0.15, 0.2) is 28.7 Å². The van der Waals surface area contributed by atoms with Gasteiger partial charge in [0.1, 0.15) is 18.1 Å². The number of amides is 2. The Morgan fingerprint density at radius 1 is 1.34 bits per heavy atom. The number of fused-ring (bicyclic) bond motifs is 1. The fourth-order valence-electron chi connectivity index (χ4n) is 4.95. The van der Waals surface area contributed by atoms with E-state index in [1.807, 2.05) is 23.1 Å². The average molecular weight is 696 g/mol. The van der Waals surface area contributed by atoms with Crippen LogP contribution < -0.4 is 26.4 Å². The van der Waals surface area contributed by atoms with Crippen molar-refractivity contribution >= 4 is 50.9 Å². The molecule has 258 valence electrons. The maximum Gasteiger partial charge on any atom is 0.418 e. The molecule has 2 aliphatic rings. The van der Waals surface area contributed by atoms with Crippen LogP contribution >= 0.6 is 11.3 Å². The molecule has 7 N–H and O–H groups in total. The number of nitrogen functional groups attached to an aromatic ring is 1. The summed E-state index contributed by atoms with van der Waals surface area (Å²) in [5, 5.41) is 23.9. The number of oxime groups is 1. The lowest BCUT2D eigenvalue weighted by Crippen LogP contribution is -2.58. The highest BCUT2D eigenvalue weighted by Crippen LogP contribution is 2.24. The number of thiazole rings is 1. The highest BCUT2D eigenvalue weighted by atomic mass is 32.3. The zero-order valence-corrected chi connectivity index (χ0v) is 28.0. The van der Waals surface area contributed by atoms with Crippen molar-refractivity contribution in [2.75, 3.05) is 38.6 Å². The van der Waals surface area contributed by atoms with Crippen molar-refractivity contribution in [3.8, 4) is 5.75 Å². The Balaban J connectivity index is 1.31. The largest absolute Gasteiger partial charge is 0.490 e. The third-order valence-corrected chi connectivity index (χ3v) is 9.03. The van der Waals surface area contributed by atoms with E-state index in [4.69, 9.17) is 25.3 Å². The Labute approximate surface area is 277 Å². The van der Waals surface area contributed by atoms with Gasteiger partial charge < -0.3 is 36.2 Å². The topological polar surface area (TPSA) is 234 Å². The fraction of sp³-hybridized carbons (Fsp3) is 0.536. The first-order valence-corrected chi connectivity index (χ1v) is 17.2. The Morgan fingerprint density at radius 2 is 2.09 bits per heavy atom. The number of hydrogen-bond acceptors (Lipinski definition) is 13. The normalized spacial score (nSPS) is 16.5. The number of hydroxylamine groups is 2. The van der Waals surface area contributed by atoms with Gasteiger partial charge in [0.2, 0.25) is 6.41 Å². The summed E-state index contributed by atoms with van der Waals surface area (Å²) in [5.74, 6) is 0.360. The monoisotopic (exact) mass is 695 g/mol. The number of anilines is 1. The standard InChI is InChI=1S/C28H41N9O8S2/c1-18(28(2,3)37(17-38)45-47(40,41)42)32-25(39)24(23-16-46-27(30)34-23)35-44-13-12-43-22-5-4-20-15-36(11-8-19(20)14-22)26(29)33-21-6-9-31-10-7-21/h4-5,14,16-18,21,31H,6-13,15H2,1-3H3,(H2,29,33)(H2,30,34)(H,32,39)(H,40,41,42)/b35-24-. The predicted molar refractivity (Wildman–Crippen MR) is 174 cm³/mol. The number of nitrogens with two attached hydrogens (primary N) is 1.